The number of hydrogen-bond acceptors (Lipinski definition) is 3. The van der Waals surface area contributed by atoms with E-state index in [0.717, 1.165) is 16.9 Å². The SMILES string of the molecule is CC(CN)c1nc2ccncc2[nH]1.Cl.Cl. The predicted octanol–water partition coefficient (Wildman–Crippen LogP) is 1.86. The molecular weight excluding hydrogens is 235 g/mol. The average molecular weight is 249 g/mol. The van der Waals surface area contributed by atoms with Crippen LogP contribution < -0.4 is 5.73 Å². The molecule has 15 heavy (non-hydrogen) atoms. The third-order valence-electron chi connectivity index (χ3n) is 2.12. The maximum atomic E-state index is 5.55. The second kappa shape index (κ2) is 5.90. The fraction of sp³-hybridized carbons (Fsp3) is 0.333. The standard InChI is InChI=1S/C9H12N4.2ClH/c1-6(4-10)9-12-7-2-3-11-5-8(7)13-9;;/h2-3,5-6H,4,10H2,1H3,(H,12,13);2*1H. The van der Waals surface area contributed by atoms with Gasteiger partial charge in [-0.3, -0.25) is 4.98 Å². The lowest BCUT2D eigenvalue weighted by Gasteiger charge is -2.01. The molecule has 0 amide bonds. The lowest BCUT2D eigenvalue weighted by atomic mass is 10.2. The molecule has 0 aliphatic carbocycles. The molecule has 0 radical (unpaired) electrons. The molecule has 0 aromatic carbocycles. The highest BCUT2D eigenvalue weighted by Gasteiger charge is 2.08. The highest BCUT2D eigenvalue weighted by atomic mass is 35.5. The van der Waals surface area contributed by atoms with Gasteiger partial charge in [0.15, 0.2) is 0 Å². The first-order chi connectivity index (χ1) is 6.31. The van der Waals surface area contributed by atoms with Crippen LogP contribution in [0.2, 0.25) is 0 Å². The first-order valence-corrected chi connectivity index (χ1v) is 4.31. The summed E-state index contributed by atoms with van der Waals surface area (Å²) in [5.74, 6) is 1.21. The van der Waals surface area contributed by atoms with Gasteiger partial charge in [0.1, 0.15) is 5.82 Å². The van der Waals surface area contributed by atoms with Crippen molar-refractivity contribution in [2.45, 2.75) is 12.8 Å². The molecule has 84 valence electrons. The molecule has 2 rings (SSSR count). The molecule has 2 aromatic rings. The largest absolute Gasteiger partial charge is 0.340 e. The van der Waals surface area contributed by atoms with Gasteiger partial charge >= 0.3 is 0 Å². The summed E-state index contributed by atoms with van der Waals surface area (Å²) in [6.45, 7) is 2.65. The Morgan fingerprint density at radius 1 is 1.47 bits per heavy atom. The minimum atomic E-state index is 0. The third kappa shape index (κ3) is 2.81. The normalized spacial score (nSPS) is 11.6. The van der Waals surface area contributed by atoms with E-state index in [4.69, 9.17) is 5.73 Å². The Labute approximate surface area is 101 Å². The minimum absolute atomic E-state index is 0. The van der Waals surface area contributed by atoms with Gasteiger partial charge in [-0.05, 0) is 6.07 Å². The maximum Gasteiger partial charge on any atom is 0.111 e. The van der Waals surface area contributed by atoms with Gasteiger partial charge in [0.05, 0.1) is 17.2 Å². The zero-order valence-electron chi connectivity index (χ0n) is 8.30. The molecule has 0 fully saturated rings. The highest BCUT2D eigenvalue weighted by Crippen LogP contribution is 2.14. The quantitative estimate of drug-likeness (QED) is 0.853. The summed E-state index contributed by atoms with van der Waals surface area (Å²) in [6.07, 6.45) is 3.51. The smallest absolute Gasteiger partial charge is 0.111 e. The first-order valence-electron chi connectivity index (χ1n) is 4.31. The van der Waals surface area contributed by atoms with Crippen LogP contribution in [0.3, 0.4) is 0 Å². The average Bonchev–Trinajstić information content (AvgIpc) is 2.59. The van der Waals surface area contributed by atoms with Crippen molar-refractivity contribution in [3.8, 4) is 0 Å². The van der Waals surface area contributed by atoms with Crippen molar-refractivity contribution in [2.75, 3.05) is 6.54 Å². The summed E-state index contributed by atoms with van der Waals surface area (Å²) in [4.78, 5) is 11.6. The van der Waals surface area contributed by atoms with Gasteiger partial charge in [-0.1, -0.05) is 6.92 Å². The molecule has 1 atom stereocenters. The zero-order chi connectivity index (χ0) is 9.26. The highest BCUT2D eigenvalue weighted by molar-refractivity contribution is 5.85. The maximum absolute atomic E-state index is 5.55. The molecule has 2 heterocycles. The molecule has 3 N–H and O–H groups in total. The van der Waals surface area contributed by atoms with E-state index in [1.54, 1.807) is 12.4 Å². The Morgan fingerprint density at radius 3 is 2.80 bits per heavy atom. The Hall–Kier alpha value is -0.840. The Kier molecular flexibility index (Phi) is 5.57. The number of imidazole rings is 1. The van der Waals surface area contributed by atoms with E-state index in [1.165, 1.54) is 0 Å². The number of aromatic nitrogens is 3. The van der Waals surface area contributed by atoms with E-state index in [2.05, 4.69) is 15.0 Å². The van der Waals surface area contributed by atoms with Crippen LogP contribution in [0.1, 0.15) is 18.7 Å². The zero-order valence-corrected chi connectivity index (χ0v) is 9.94. The predicted molar refractivity (Wildman–Crippen MR) is 65.9 cm³/mol. The van der Waals surface area contributed by atoms with Crippen LogP contribution in [0.5, 0.6) is 0 Å². The van der Waals surface area contributed by atoms with Crippen LogP contribution in [0.4, 0.5) is 0 Å². The van der Waals surface area contributed by atoms with E-state index in [9.17, 15) is 0 Å². The van der Waals surface area contributed by atoms with Crippen molar-refractivity contribution in [2.24, 2.45) is 5.73 Å². The fourth-order valence-corrected chi connectivity index (χ4v) is 1.22. The van der Waals surface area contributed by atoms with Crippen molar-refractivity contribution in [3.63, 3.8) is 0 Å². The Morgan fingerprint density at radius 2 is 2.20 bits per heavy atom. The van der Waals surface area contributed by atoms with Gasteiger partial charge in [0.25, 0.3) is 0 Å². The number of nitrogens with zero attached hydrogens (tertiary/aromatic N) is 2. The van der Waals surface area contributed by atoms with Crippen LogP contribution in [-0.4, -0.2) is 21.5 Å². The van der Waals surface area contributed by atoms with Gasteiger partial charge in [0.2, 0.25) is 0 Å². The van der Waals surface area contributed by atoms with Crippen LogP contribution in [-0.2, 0) is 0 Å². The van der Waals surface area contributed by atoms with Gasteiger partial charge in [0, 0.05) is 18.7 Å². The van der Waals surface area contributed by atoms with Crippen LogP contribution in [0, 0.1) is 0 Å². The fourth-order valence-electron chi connectivity index (χ4n) is 1.22. The number of aromatic amines is 1. The molecule has 0 bridgehead atoms. The molecule has 6 heteroatoms. The molecule has 0 saturated heterocycles. The third-order valence-corrected chi connectivity index (χ3v) is 2.12. The number of nitrogens with one attached hydrogen (secondary N) is 1. The van der Waals surface area contributed by atoms with Crippen molar-refractivity contribution >= 4 is 35.8 Å². The van der Waals surface area contributed by atoms with E-state index in [1.807, 2.05) is 13.0 Å². The summed E-state index contributed by atoms with van der Waals surface area (Å²) in [5, 5.41) is 0. The number of halogens is 2. The molecule has 0 saturated carbocycles. The number of pyridine rings is 1. The topological polar surface area (TPSA) is 67.6 Å². The number of rotatable bonds is 2. The molecule has 2 aromatic heterocycles. The number of nitrogens with two attached hydrogens (primary N) is 1. The second-order valence-electron chi connectivity index (χ2n) is 3.15. The Balaban J connectivity index is 0.000000980. The van der Waals surface area contributed by atoms with Crippen LogP contribution >= 0.6 is 24.8 Å². The summed E-state index contributed by atoms with van der Waals surface area (Å²) >= 11 is 0. The monoisotopic (exact) mass is 248 g/mol. The van der Waals surface area contributed by atoms with Crippen molar-refractivity contribution in [3.05, 3.63) is 24.3 Å². The molecule has 1 unspecified atom stereocenters. The summed E-state index contributed by atoms with van der Waals surface area (Å²) in [7, 11) is 0. The van der Waals surface area contributed by atoms with E-state index >= 15 is 0 Å². The van der Waals surface area contributed by atoms with E-state index < -0.39 is 0 Å². The van der Waals surface area contributed by atoms with Crippen molar-refractivity contribution < 1.29 is 0 Å². The van der Waals surface area contributed by atoms with Gasteiger partial charge < -0.3 is 10.7 Å². The molecular formula is C9H14Cl2N4. The van der Waals surface area contributed by atoms with Gasteiger partial charge in [-0.25, -0.2) is 4.98 Å². The Bertz CT molecular complexity index is 382. The summed E-state index contributed by atoms with van der Waals surface area (Å²) < 4.78 is 0. The molecule has 0 aliphatic heterocycles. The molecule has 0 spiro atoms. The molecule has 4 nitrogen and oxygen atoms in total. The summed E-state index contributed by atoms with van der Waals surface area (Å²) in [6, 6.07) is 1.89. The van der Waals surface area contributed by atoms with Crippen molar-refractivity contribution in [1.82, 2.24) is 15.0 Å². The number of hydrogen-bond donors (Lipinski definition) is 2. The lowest BCUT2D eigenvalue weighted by Crippen LogP contribution is -2.10. The second-order valence-corrected chi connectivity index (χ2v) is 3.15. The van der Waals surface area contributed by atoms with Crippen LogP contribution in [0.25, 0.3) is 11.0 Å². The number of H-pyrrole nitrogens is 1. The van der Waals surface area contributed by atoms with E-state index in [0.29, 0.717) is 6.54 Å². The summed E-state index contributed by atoms with van der Waals surface area (Å²) in [5.41, 5.74) is 7.47. The van der Waals surface area contributed by atoms with Crippen molar-refractivity contribution in [1.29, 1.82) is 0 Å². The lowest BCUT2D eigenvalue weighted by molar-refractivity contribution is 0.728. The van der Waals surface area contributed by atoms with Gasteiger partial charge in [-0.15, -0.1) is 24.8 Å². The van der Waals surface area contributed by atoms with Crippen LogP contribution in [0.15, 0.2) is 18.5 Å². The van der Waals surface area contributed by atoms with E-state index in [-0.39, 0.29) is 30.7 Å². The molecule has 0 aliphatic rings. The van der Waals surface area contributed by atoms with Gasteiger partial charge in [-0.2, -0.15) is 0 Å². The minimum Gasteiger partial charge on any atom is -0.340 e. The first kappa shape index (κ1) is 14.2. The number of fused-ring (bicyclic) bond motifs is 1.